The quantitative estimate of drug-likeness (QED) is 0.857. The van der Waals surface area contributed by atoms with Crippen LogP contribution < -0.4 is 0 Å². The van der Waals surface area contributed by atoms with Crippen LogP contribution in [0.2, 0.25) is 0 Å². The van der Waals surface area contributed by atoms with E-state index in [0.29, 0.717) is 5.56 Å². The Morgan fingerprint density at radius 3 is 2.53 bits per heavy atom. The summed E-state index contributed by atoms with van der Waals surface area (Å²) in [6.45, 7) is 8.23. The van der Waals surface area contributed by atoms with Crippen molar-refractivity contribution in [2.75, 3.05) is 7.05 Å². The van der Waals surface area contributed by atoms with E-state index in [1.54, 1.807) is 11.9 Å². The molecule has 17 heavy (non-hydrogen) atoms. The number of amides is 1. The molecule has 0 radical (unpaired) electrons. The monoisotopic (exact) mass is 236 g/mol. The van der Waals surface area contributed by atoms with Crippen molar-refractivity contribution in [3.05, 3.63) is 24.0 Å². The summed E-state index contributed by atoms with van der Waals surface area (Å²) in [5.74, 6) is -0.266. The fourth-order valence-corrected chi connectivity index (χ4v) is 1.51. The molecule has 1 aromatic rings. The lowest BCUT2D eigenvalue weighted by molar-refractivity contribution is 0.0626. The second kappa shape index (κ2) is 4.73. The molecule has 1 amide bonds. The summed E-state index contributed by atoms with van der Waals surface area (Å²) < 4.78 is 0. The van der Waals surface area contributed by atoms with Gasteiger partial charge in [-0.15, -0.1) is 0 Å². The van der Waals surface area contributed by atoms with E-state index in [0.717, 1.165) is 0 Å². The smallest absolute Gasteiger partial charge is 0.257 e. The van der Waals surface area contributed by atoms with Gasteiger partial charge in [0.1, 0.15) is 5.75 Å². The van der Waals surface area contributed by atoms with Crippen LogP contribution in [0.5, 0.6) is 5.75 Å². The van der Waals surface area contributed by atoms with Gasteiger partial charge in [0.25, 0.3) is 5.91 Å². The van der Waals surface area contributed by atoms with Crippen molar-refractivity contribution in [1.29, 1.82) is 0 Å². The molecule has 0 saturated carbocycles. The third-order valence-electron chi connectivity index (χ3n) is 3.19. The lowest BCUT2D eigenvalue weighted by atomic mass is 9.87. The molecule has 4 nitrogen and oxygen atoms in total. The highest BCUT2D eigenvalue weighted by Gasteiger charge is 2.28. The van der Waals surface area contributed by atoms with E-state index in [1.165, 1.54) is 18.5 Å². The number of rotatable bonds is 2. The Morgan fingerprint density at radius 1 is 1.47 bits per heavy atom. The first-order valence-corrected chi connectivity index (χ1v) is 5.65. The van der Waals surface area contributed by atoms with Gasteiger partial charge < -0.3 is 10.0 Å². The molecule has 0 fully saturated rings. The lowest BCUT2D eigenvalue weighted by Gasteiger charge is -2.35. The summed E-state index contributed by atoms with van der Waals surface area (Å²) in [5, 5.41) is 9.60. The van der Waals surface area contributed by atoms with Gasteiger partial charge in [-0.25, -0.2) is 0 Å². The normalized spacial score (nSPS) is 13.2. The van der Waals surface area contributed by atoms with Gasteiger partial charge in [-0.2, -0.15) is 0 Å². The molecule has 0 bridgehead atoms. The molecule has 94 valence electrons. The van der Waals surface area contributed by atoms with Crippen molar-refractivity contribution in [3.63, 3.8) is 0 Å². The van der Waals surface area contributed by atoms with Crippen LogP contribution in [0.4, 0.5) is 0 Å². The molecule has 1 aromatic heterocycles. The Labute approximate surface area is 102 Å². The Bertz CT molecular complexity index is 410. The Morgan fingerprint density at radius 2 is 2.06 bits per heavy atom. The van der Waals surface area contributed by atoms with Gasteiger partial charge in [-0.05, 0) is 18.4 Å². The number of pyridine rings is 1. The van der Waals surface area contributed by atoms with E-state index in [1.807, 2.05) is 6.92 Å². The van der Waals surface area contributed by atoms with Crippen LogP contribution in [0.15, 0.2) is 18.5 Å². The highest BCUT2D eigenvalue weighted by molar-refractivity contribution is 5.96. The van der Waals surface area contributed by atoms with Crippen molar-refractivity contribution >= 4 is 5.91 Å². The first-order chi connectivity index (χ1) is 7.75. The number of carbonyl (C=O) groups excluding carboxylic acids is 1. The maximum atomic E-state index is 12.2. The molecule has 0 aliphatic carbocycles. The Kier molecular flexibility index (Phi) is 3.76. The summed E-state index contributed by atoms with van der Waals surface area (Å²) in [6, 6.07) is 1.60. The molecule has 0 saturated heterocycles. The standard InChI is InChI=1S/C13H20N2O2/c1-9(13(2,3)4)15(5)12(17)10-6-7-14-8-11(10)16/h6-9,16H,1-5H3. The summed E-state index contributed by atoms with van der Waals surface area (Å²) in [7, 11) is 1.75. The predicted octanol–water partition coefficient (Wildman–Crippen LogP) is 2.29. The molecule has 0 aliphatic heterocycles. The predicted molar refractivity (Wildman–Crippen MR) is 66.9 cm³/mol. The Hall–Kier alpha value is -1.58. The number of carbonyl (C=O) groups is 1. The van der Waals surface area contributed by atoms with Gasteiger partial charge >= 0.3 is 0 Å². The zero-order chi connectivity index (χ0) is 13.2. The molecule has 0 aliphatic rings. The highest BCUT2D eigenvalue weighted by Crippen LogP contribution is 2.25. The van der Waals surface area contributed by atoms with E-state index in [4.69, 9.17) is 0 Å². The molecular formula is C13H20N2O2. The topological polar surface area (TPSA) is 53.4 Å². The number of hydrogen-bond acceptors (Lipinski definition) is 3. The minimum atomic E-state index is -0.188. The Balaban J connectivity index is 2.95. The fourth-order valence-electron chi connectivity index (χ4n) is 1.51. The van der Waals surface area contributed by atoms with Gasteiger partial charge in [0.15, 0.2) is 0 Å². The van der Waals surface area contributed by atoms with Crippen LogP contribution >= 0.6 is 0 Å². The highest BCUT2D eigenvalue weighted by atomic mass is 16.3. The van der Waals surface area contributed by atoms with Crippen LogP contribution in [-0.2, 0) is 0 Å². The molecule has 1 unspecified atom stereocenters. The maximum Gasteiger partial charge on any atom is 0.257 e. The van der Waals surface area contributed by atoms with Gasteiger partial charge in [0, 0.05) is 19.3 Å². The second-order valence-electron chi connectivity index (χ2n) is 5.35. The number of nitrogens with zero attached hydrogens (tertiary/aromatic N) is 2. The van der Waals surface area contributed by atoms with Crippen molar-refractivity contribution in [1.82, 2.24) is 9.88 Å². The van der Waals surface area contributed by atoms with Crippen LogP contribution in [0.3, 0.4) is 0 Å². The minimum absolute atomic E-state index is 0.00689. The maximum absolute atomic E-state index is 12.2. The van der Waals surface area contributed by atoms with Gasteiger partial charge in [-0.1, -0.05) is 20.8 Å². The second-order valence-corrected chi connectivity index (χ2v) is 5.35. The molecule has 1 atom stereocenters. The van der Waals surface area contributed by atoms with Gasteiger partial charge in [-0.3, -0.25) is 9.78 Å². The lowest BCUT2D eigenvalue weighted by Crippen LogP contribution is -2.42. The third-order valence-corrected chi connectivity index (χ3v) is 3.19. The van der Waals surface area contributed by atoms with Crippen molar-refractivity contribution < 1.29 is 9.90 Å². The van der Waals surface area contributed by atoms with Crippen molar-refractivity contribution in [2.45, 2.75) is 33.7 Å². The molecule has 1 N–H and O–H groups in total. The summed E-state index contributed by atoms with van der Waals surface area (Å²) >= 11 is 0. The molecule has 4 heteroatoms. The number of hydrogen-bond donors (Lipinski definition) is 1. The van der Waals surface area contributed by atoms with Crippen LogP contribution in [0, 0.1) is 5.41 Å². The van der Waals surface area contributed by atoms with Crippen molar-refractivity contribution in [2.24, 2.45) is 5.41 Å². The first-order valence-electron chi connectivity index (χ1n) is 5.65. The molecule has 1 rings (SSSR count). The zero-order valence-corrected chi connectivity index (χ0v) is 11.1. The summed E-state index contributed by atoms with van der Waals surface area (Å²) in [5.41, 5.74) is 0.283. The number of aromatic hydroxyl groups is 1. The molecule has 0 aromatic carbocycles. The minimum Gasteiger partial charge on any atom is -0.505 e. The largest absolute Gasteiger partial charge is 0.505 e. The summed E-state index contributed by atoms with van der Waals surface area (Å²) in [6.07, 6.45) is 2.78. The van der Waals surface area contributed by atoms with E-state index in [-0.39, 0.29) is 23.1 Å². The zero-order valence-electron chi connectivity index (χ0n) is 11.1. The molecule has 1 heterocycles. The number of aromatic nitrogens is 1. The molecular weight excluding hydrogens is 216 g/mol. The molecule has 0 spiro atoms. The van der Waals surface area contributed by atoms with Crippen LogP contribution in [0.1, 0.15) is 38.1 Å². The SMILES string of the molecule is CC(N(C)C(=O)c1ccncc1O)C(C)(C)C. The van der Waals surface area contributed by atoms with Crippen LogP contribution in [0.25, 0.3) is 0 Å². The van der Waals surface area contributed by atoms with Crippen molar-refractivity contribution in [3.8, 4) is 5.75 Å². The first kappa shape index (κ1) is 13.5. The van der Waals surface area contributed by atoms with E-state index >= 15 is 0 Å². The van der Waals surface area contributed by atoms with E-state index < -0.39 is 0 Å². The van der Waals surface area contributed by atoms with E-state index in [2.05, 4.69) is 25.8 Å². The fraction of sp³-hybridized carbons (Fsp3) is 0.538. The average Bonchev–Trinajstić information content (AvgIpc) is 2.25. The third kappa shape index (κ3) is 2.96. The van der Waals surface area contributed by atoms with Gasteiger partial charge in [0.05, 0.1) is 11.8 Å². The van der Waals surface area contributed by atoms with Crippen LogP contribution in [-0.4, -0.2) is 34.0 Å². The summed E-state index contributed by atoms with van der Waals surface area (Å²) in [4.78, 5) is 17.6. The van der Waals surface area contributed by atoms with E-state index in [9.17, 15) is 9.90 Å². The average molecular weight is 236 g/mol. The van der Waals surface area contributed by atoms with Gasteiger partial charge in [0.2, 0.25) is 0 Å².